The minimum Gasteiger partial charge on any atom is -0.493 e. The Labute approximate surface area is 152 Å². The van der Waals surface area contributed by atoms with Crippen molar-refractivity contribution in [1.29, 1.82) is 0 Å². The Morgan fingerprint density at radius 2 is 1.65 bits per heavy atom. The smallest absolute Gasteiger partial charge is 0.273 e. The van der Waals surface area contributed by atoms with Gasteiger partial charge in [-0.1, -0.05) is 32.6 Å². The van der Waals surface area contributed by atoms with E-state index in [1.165, 1.54) is 14.2 Å². The molecule has 136 valence electrons. The summed E-state index contributed by atoms with van der Waals surface area (Å²) >= 11 is 0. The molecule has 2 aromatic rings. The Morgan fingerprint density at radius 3 is 2.27 bits per heavy atom. The average Bonchev–Trinajstić information content (AvgIpc) is 2.96. The van der Waals surface area contributed by atoms with Gasteiger partial charge in [-0.25, -0.2) is 0 Å². The molecule has 0 bridgehead atoms. The van der Waals surface area contributed by atoms with Crippen LogP contribution in [0.15, 0.2) is 36.9 Å². The largest absolute Gasteiger partial charge is 0.493 e. The van der Waals surface area contributed by atoms with Gasteiger partial charge in [-0.3, -0.25) is 0 Å². The second kappa shape index (κ2) is 5.25. The highest BCUT2D eigenvalue weighted by Gasteiger charge is 2.67. The Morgan fingerprint density at radius 1 is 1.00 bits per heavy atom. The van der Waals surface area contributed by atoms with E-state index in [0.29, 0.717) is 45.4 Å². The van der Waals surface area contributed by atoms with E-state index >= 15 is 0 Å². The van der Waals surface area contributed by atoms with E-state index in [1.807, 2.05) is 12.1 Å². The fourth-order valence-corrected chi connectivity index (χ4v) is 3.92. The first-order chi connectivity index (χ1) is 12.3. The summed E-state index contributed by atoms with van der Waals surface area (Å²) < 4.78 is 16.6. The molecule has 2 atom stereocenters. The molecule has 0 saturated heterocycles. The summed E-state index contributed by atoms with van der Waals surface area (Å²) in [7, 11) is 3.05. The van der Waals surface area contributed by atoms with Crippen LogP contribution in [-0.2, 0) is 11.4 Å². The third kappa shape index (κ3) is 1.82. The Bertz CT molecular complexity index is 932. The summed E-state index contributed by atoms with van der Waals surface area (Å²) in [6.07, 6.45) is 0. The Balaban J connectivity index is 1.94. The molecule has 1 aliphatic heterocycles. The lowest BCUT2D eigenvalue weighted by Crippen LogP contribution is -2.45. The molecular formula is C21H22O5. The van der Waals surface area contributed by atoms with Crippen molar-refractivity contribution in [2.24, 2.45) is 0 Å². The van der Waals surface area contributed by atoms with Gasteiger partial charge in [0.2, 0.25) is 0 Å². The molecule has 1 heterocycles. The maximum atomic E-state index is 11.5. The van der Waals surface area contributed by atoms with Gasteiger partial charge in [-0.15, -0.1) is 0 Å². The standard InChI is InChI=1S/C21H22O5/c1-11(2)13-6-7-15-17(8-13)26-21(23)16-10-19(25-5)18(24-4)9-14(16)12(3)20(15,21)22/h6-11,22-23H,3H2,1-2,4-5H3/t20-,21+/m1/s1. The summed E-state index contributed by atoms with van der Waals surface area (Å²) in [6, 6.07) is 8.94. The van der Waals surface area contributed by atoms with Crippen molar-refractivity contribution in [3.05, 3.63) is 59.2 Å². The van der Waals surface area contributed by atoms with Crippen molar-refractivity contribution < 1.29 is 24.4 Å². The van der Waals surface area contributed by atoms with Crippen LogP contribution < -0.4 is 14.2 Å². The molecule has 0 aromatic heterocycles. The van der Waals surface area contributed by atoms with Crippen molar-refractivity contribution in [1.82, 2.24) is 0 Å². The second-order valence-electron chi connectivity index (χ2n) is 7.10. The number of benzene rings is 2. The van der Waals surface area contributed by atoms with E-state index in [9.17, 15) is 10.2 Å². The van der Waals surface area contributed by atoms with Crippen LogP contribution >= 0.6 is 0 Å². The van der Waals surface area contributed by atoms with Crippen LogP contribution in [0.1, 0.15) is 42.0 Å². The number of aliphatic hydroxyl groups is 2. The normalized spacial score (nSPS) is 25.6. The van der Waals surface area contributed by atoms with Crippen LogP contribution in [0.3, 0.4) is 0 Å². The van der Waals surface area contributed by atoms with Crippen LogP contribution in [0, 0.1) is 0 Å². The highest BCUT2D eigenvalue weighted by Crippen LogP contribution is 2.64. The van der Waals surface area contributed by atoms with Crippen molar-refractivity contribution in [3.8, 4) is 17.2 Å². The molecule has 5 heteroatoms. The Hall–Kier alpha value is -2.50. The zero-order valence-corrected chi connectivity index (χ0v) is 15.3. The number of ether oxygens (including phenoxy) is 3. The van der Waals surface area contributed by atoms with Crippen LogP contribution in [0.4, 0.5) is 0 Å². The van der Waals surface area contributed by atoms with Crippen LogP contribution in [0.25, 0.3) is 5.57 Å². The van der Waals surface area contributed by atoms with Gasteiger partial charge in [0.25, 0.3) is 5.79 Å². The van der Waals surface area contributed by atoms with Gasteiger partial charge in [-0.2, -0.15) is 0 Å². The van der Waals surface area contributed by atoms with Gasteiger partial charge >= 0.3 is 0 Å². The van der Waals surface area contributed by atoms with Crippen molar-refractivity contribution in [3.63, 3.8) is 0 Å². The molecule has 2 aliphatic rings. The lowest BCUT2D eigenvalue weighted by atomic mass is 9.84. The number of hydrogen-bond acceptors (Lipinski definition) is 5. The Kier molecular flexibility index (Phi) is 3.42. The van der Waals surface area contributed by atoms with Crippen LogP contribution in [0.5, 0.6) is 17.2 Å². The summed E-state index contributed by atoms with van der Waals surface area (Å²) in [4.78, 5) is 0. The fourth-order valence-electron chi connectivity index (χ4n) is 3.92. The maximum absolute atomic E-state index is 11.5. The zero-order chi connectivity index (χ0) is 18.9. The number of hydrogen-bond donors (Lipinski definition) is 2. The van der Waals surface area contributed by atoms with E-state index in [4.69, 9.17) is 14.2 Å². The minimum atomic E-state index is -1.96. The molecule has 1 aliphatic carbocycles. The molecule has 2 N–H and O–H groups in total. The molecule has 26 heavy (non-hydrogen) atoms. The van der Waals surface area contributed by atoms with Crippen molar-refractivity contribution in [2.75, 3.05) is 14.2 Å². The molecule has 0 fully saturated rings. The summed E-state index contributed by atoms with van der Waals surface area (Å²) in [5.74, 6) is -0.262. The second-order valence-corrected chi connectivity index (χ2v) is 7.10. The van der Waals surface area contributed by atoms with E-state index in [-0.39, 0.29) is 0 Å². The molecule has 2 aromatic carbocycles. The molecule has 5 nitrogen and oxygen atoms in total. The van der Waals surface area contributed by atoms with E-state index < -0.39 is 11.4 Å². The number of rotatable bonds is 3. The molecule has 0 spiro atoms. The predicted octanol–water partition coefficient (Wildman–Crippen LogP) is 3.28. The molecule has 0 unspecified atom stereocenters. The zero-order valence-electron chi connectivity index (χ0n) is 15.3. The third-order valence-electron chi connectivity index (χ3n) is 5.46. The molecule has 0 amide bonds. The molecule has 0 radical (unpaired) electrons. The number of methoxy groups -OCH3 is 2. The quantitative estimate of drug-likeness (QED) is 0.885. The predicted molar refractivity (Wildman–Crippen MR) is 97.5 cm³/mol. The molecule has 4 rings (SSSR count). The first-order valence-corrected chi connectivity index (χ1v) is 8.52. The lowest BCUT2D eigenvalue weighted by Gasteiger charge is -2.30. The highest BCUT2D eigenvalue weighted by atomic mass is 16.7. The van der Waals surface area contributed by atoms with E-state index in [0.717, 1.165) is 5.56 Å². The average molecular weight is 354 g/mol. The lowest BCUT2D eigenvalue weighted by molar-refractivity contribution is -0.222. The first-order valence-electron chi connectivity index (χ1n) is 8.52. The first kappa shape index (κ1) is 16.9. The van der Waals surface area contributed by atoms with Gasteiger partial charge < -0.3 is 24.4 Å². The van der Waals surface area contributed by atoms with Gasteiger partial charge in [-0.05, 0) is 40.8 Å². The van der Waals surface area contributed by atoms with Crippen molar-refractivity contribution in [2.45, 2.75) is 31.2 Å². The van der Waals surface area contributed by atoms with Crippen LogP contribution in [0.2, 0.25) is 0 Å². The van der Waals surface area contributed by atoms with Crippen molar-refractivity contribution >= 4 is 5.57 Å². The van der Waals surface area contributed by atoms with Crippen LogP contribution in [-0.4, -0.2) is 24.4 Å². The third-order valence-corrected chi connectivity index (χ3v) is 5.46. The molecular weight excluding hydrogens is 332 g/mol. The van der Waals surface area contributed by atoms with Gasteiger partial charge in [0.1, 0.15) is 5.75 Å². The molecule has 0 saturated carbocycles. The fraction of sp³-hybridized carbons (Fsp3) is 0.333. The minimum absolute atomic E-state index is 0.300. The van der Waals surface area contributed by atoms with Gasteiger partial charge in [0.15, 0.2) is 17.1 Å². The summed E-state index contributed by atoms with van der Waals surface area (Å²) in [5.41, 5.74) is 1.16. The number of fused-ring (bicyclic) bond motifs is 5. The van der Waals surface area contributed by atoms with E-state index in [2.05, 4.69) is 20.4 Å². The topological polar surface area (TPSA) is 68.2 Å². The van der Waals surface area contributed by atoms with Gasteiger partial charge in [0.05, 0.1) is 14.2 Å². The monoisotopic (exact) mass is 354 g/mol. The maximum Gasteiger partial charge on any atom is 0.273 e. The van der Waals surface area contributed by atoms with Gasteiger partial charge in [0, 0.05) is 11.1 Å². The van der Waals surface area contributed by atoms with E-state index in [1.54, 1.807) is 18.2 Å². The summed E-state index contributed by atoms with van der Waals surface area (Å²) in [5, 5.41) is 23.0. The highest BCUT2D eigenvalue weighted by molar-refractivity contribution is 5.85. The summed E-state index contributed by atoms with van der Waals surface area (Å²) in [6.45, 7) is 8.21. The SMILES string of the molecule is C=C1c2cc(OC)c(OC)cc2[C@]2(O)Oc3cc(C(C)C)ccc3[C@]12O.